The smallest absolute Gasteiger partial charge is 0.339 e. The number of hydrogen-bond acceptors (Lipinski definition) is 4. The molecule has 2 aromatic carbocycles. The Morgan fingerprint density at radius 1 is 1.08 bits per heavy atom. The van der Waals surface area contributed by atoms with Crippen LogP contribution in [0.1, 0.15) is 21.9 Å². The zero-order chi connectivity index (χ0) is 18.1. The van der Waals surface area contributed by atoms with E-state index in [0.29, 0.717) is 22.8 Å². The fraction of sp³-hybridized carbons (Fsp3) is 0.105. The lowest BCUT2D eigenvalue weighted by Crippen LogP contribution is -2.20. The van der Waals surface area contributed by atoms with Gasteiger partial charge in [0.15, 0.2) is 0 Å². The molecule has 3 aromatic rings. The highest BCUT2D eigenvalue weighted by atomic mass is 16.4. The Morgan fingerprint density at radius 3 is 2.36 bits per heavy atom. The molecule has 1 heterocycles. The van der Waals surface area contributed by atoms with Gasteiger partial charge in [0.05, 0.1) is 11.3 Å². The predicted molar refractivity (Wildman–Crippen MR) is 93.4 cm³/mol. The Kier molecular flexibility index (Phi) is 4.10. The number of carbonyl (C=O) groups is 1. The minimum atomic E-state index is -1.21. The largest absolute Gasteiger partial charge is 0.507 e. The van der Waals surface area contributed by atoms with Gasteiger partial charge in [-0.1, -0.05) is 30.3 Å². The molecule has 0 amide bonds. The highest BCUT2D eigenvalue weighted by Crippen LogP contribution is 2.26. The molecule has 0 radical (unpaired) electrons. The van der Waals surface area contributed by atoms with Crippen molar-refractivity contribution < 1.29 is 15.0 Å². The van der Waals surface area contributed by atoms with E-state index in [0.717, 1.165) is 5.56 Å². The van der Waals surface area contributed by atoms with Crippen LogP contribution in [-0.2, 0) is 0 Å². The third-order valence-corrected chi connectivity index (χ3v) is 4.03. The Morgan fingerprint density at radius 2 is 1.76 bits per heavy atom. The van der Waals surface area contributed by atoms with E-state index < -0.39 is 5.97 Å². The number of benzene rings is 2. The lowest BCUT2D eigenvalue weighted by atomic mass is 10.1. The number of aryl methyl sites for hydroxylation is 1. The van der Waals surface area contributed by atoms with Crippen LogP contribution < -0.4 is 5.56 Å². The minimum absolute atomic E-state index is 0.184. The summed E-state index contributed by atoms with van der Waals surface area (Å²) in [7, 11) is 0. The van der Waals surface area contributed by atoms with E-state index in [1.165, 1.54) is 12.1 Å². The molecule has 0 saturated carbocycles. The second-order valence-corrected chi connectivity index (χ2v) is 5.63. The summed E-state index contributed by atoms with van der Waals surface area (Å²) in [5.41, 5.74) is 1.89. The van der Waals surface area contributed by atoms with Crippen LogP contribution >= 0.6 is 0 Å². The number of phenols is 1. The van der Waals surface area contributed by atoms with Crippen molar-refractivity contribution in [3.63, 3.8) is 0 Å². The molecule has 1 aromatic heterocycles. The second kappa shape index (κ2) is 6.24. The lowest BCUT2D eigenvalue weighted by Gasteiger charge is -2.17. The summed E-state index contributed by atoms with van der Waals surface area (Å²) in [6.07, 6.45) is 0. The van der Waals surface area contributed by atoms with Crippen molar-refractivity contribution in [2.45, 2.75) is 13.8 Å². The molecule has 25 heavy (non-hydrogen) atoms. The first-order valence-electron chi connectivity index (χ1n) is 7.62. The average molecular weight is 336 g/mol. The standard InChI is InChI=1S/C19H16N2O4/c1-11-17(13-6-4-3-5-7-13)18(23)20-12(2)21(11)14-8-9-15(19(24)25)16(22)10-14/h3-10,22H,1-2H3,(H,24,25). The molecule has 0 aliphatic heterocycles. The zero-order valence-electron chi connectivity index (χ0n) is 13.7. The zero-order valence-corrected chi connectivity index (χ0v) is 13.7. The van der Waals surface area contributed by atoms with Gasteiger partial charge in [-0.15, -0.1) is 0 Å². The predicted octanol–water partition coefficient (Wildman–Crippen LogP) is 2.92. The van der Waals surface area contributed by atoms with Gasteiger partial charge in [0, 0.05) is 11.8 Å². The summed E-state index contributed by atoms with van der Waals surface area (Å²) in [6.45, 7) is 3.48. The van der Waals surface area contributed by atoms with E-state index in [9.17, 15) is 14.7 Å². The fourth-order valence-corrected chi connectivity index (χ4v) is 2.92. The van der Waals surface area contributed by atoms with E-state index in [1.54, 1.807) is 24.5 Å². The number of nitrogens with zero attached hydrogens (tertiary/aromatic N) is 2. The summed E-state index contributed by atoms with van der Waals surface area (Å²) in [4.78, 5) is 27.6. The van der Waals surface area contributed by atoms with Crippen LogP contribution in [0, 0.1) is 13.8 Å². The molecule has 0 unspecified atom stereocenters. The van der Waals surface area contributed by atoms with Gasteiger partial charge in [0.25, 0.3) is 5.56 Å². The quantitative estimate of drug-likeness (QED) is 0.767. The van der Waals surface area contributed by atoms with Crippen LogP contribution in [0.3, 0.4) is 0 Å². The van der Waals surface area contributed by atoms with Gasteiger partial charge in [-0.25, -0.2) is 4.79 Å². The van der Waals surface area contributed by atoms with Crippen molar-refractivity contribution in [1.29, 1.82) is 0 Å². The molecule has 0 saturated heterocycles. The Labute approximate surface area is 143 Å². The molecule has 0 bridgehead atoms. The molecule has 0 aliphatic rings. The van der Waals surface area contributed by atoms with Crippen molar-refractivity contribution in [2.75, 3.05) is 0 Å². The Balaban J connectivity index is 2.26. The van der Waals surface area contributed by atoms with E-state index in [2.05, 4.69) is 4.98 Å². The molecule has 2 N–H and O–H groups in total. The lowest BCUT2D eigenvalue weighted by molar-refractivity contribution is 0.0694. The Hall–Kier alpha value is -3.41. The van der Waals surface area contributed by atoms with Gasteiger partial charge in [0.1, 0.15) is 17.1 Å². The summed E-state index contributed by atoms with van der Waals surface area (Å²) in [5.74, 6) is -1.10. The van der Waals surface area contributed by atoms with Crippen LogP contribution in [0.15, 0.2) is 53.3 Å². The van der Waals surface area contributed by atoms with Crippen LogP contribution in [0.2, 0.25) is 0 Å². The van der Waals surface area contributed by atoms with E-state index >= 15 is 0 Å². The number of carboxylic acids is 1. The summed E-state index contributed by atoms with van der Waals surface area (Å²) in [6, 6.07) is 13.5. The van der Waals surface area contributed by atoms with Crippen LogP contribution in [0.25, 0.3) is 16.8 Å². The molecular formula is C19H16N2O4. The van der Waals surface area contributed by atoms with Gasteiger partial charge in [0.2, 0.25) is 0 Å². The van der Waals surface area contributed by atoms with Crippen molar-refractivity contribution in [2.24, 2.45) is 0 Å². The maximum atomic E-state index is 12.4. The van der Waals surface area contributed by atoms with E-state index in [-0.39, 0.29) is 16.9 Å². The molecule has 3 rings (SSSR count). The van der Waals surface area contributed by atoms with Crippen LogP contribution in [0.5, 0.6) is 5.75 Å². The number of carboxylic acid groups (broad SMARTS) is 1. The van der Waals surface area contributed by atoms with Crippen molar-refractivity contribution >= 4 is 5.97 Å². The Bertz CT molecular complexity index is 1020. The summed E-state index contributed by atoms with van der Waals surface area (Å²) in [5, 5.41) is 19.0. The maximum Gasteiger partial charge on any atom is 0.339 e. The SMILES string of the molecule is Cc1nc(=O)c(-c2ccccc2)c(C)n1-c1ccc(C(=O)O)c(O)c1. The van der Waals surface area contributed by atoms with Crippen LogP contribution in [0.4, 0.5) is 0 Å². The number of rotatable bonds is 3. The maximum absolute atomic E-state index is 12.4. The molecule has 6 heteroatoms. The van der Waals surface area contributed by atoms with Gasteiger partial charge in [-0.3, -0.25) is 4.79 Å². The number of aromatic carboxylic acids is 1. The first-order chi connectivity index (χ1) is 11.9. The topological polar surface area (TPSA) is 92.4 Å². The first kappa shape index (κ1) is 16.4. The van der Waals surface area contributed by atoms with E-state index in [4.69, 9.17) is 5.11 Å². The molecule has 0 aliphatic carbocycles. The third kappa shape index (κ3) is 2.89. The first-order valence-corrected chi connectivity index (χ1v) is 7.62. The van der Waals surface area contributed by atoms with Crippen molar-refractivity contribution in [1.82, 2.24) is 9.55 Å². The molecular weight excluding hydrogens is 320 g/mol. The van der Waals surface area contributed by atoms with Crippen molar-refractivity contribution in [3.8, 4) is 22.6 Å². The molecule has 6 nitrogen and oxygen atoms in total. The van der Waals surface area contributed by atoms with Gasteiger partial charge in [-0.2, -0.15) is 4.98 Å². The molecule has 0 spiro atoms. The number of aromatic hydroxyl groups is 1. The van der Waals surface area contributed by atoms with Crippen molar-refractivity contribution in [3.05, 3.63) is 76.0 Å². The number of aromatic nitrogens is 2. The van der Waals surface area contributed by atoms with Crippen LogP contribution in [-0.4, -0.2) is 25.7 Å². The highest BCUT2D eigenvalue weighted by Gasteiger charge is 2.16. The number of hydrogen-bond donors (Lipinski definition) is 2. The normalized spacial score (nSPS) is 10.6. The fourth-order valence-electron chi connectivity index (χ4n) is 2.92. The summed E-state index contributed by atoms with van der Waals surface area (Å²) < 4.78 is 1.72. The highest BCUT2D eigenvalue weighted by molar-refractivity contribution is 5.91. The minimum Gasteiger partial charge on any atom is -0.507 e. The third-order valence-electron chi connectivity index (χ3n) is 4.03. The van der Waals surface area contributed by atoms with Gasteiger partial charge in [-0.05, 0) is 31.5 Å². The monoisotopic (exact) mass is 336 g/mol. The van der Waals surface area contributed by atoms with Gasteiger partial charge >= 0.3 is 5.97 Å². The molecule has 0 atom stereocenters. The average Bonchev–Trinajstić information content (AvgIpc) is 2.55. The summed E-state index contributed by atoms with van der Waals surface area (Å²) >= 11 is 0. The van der Waals surface area contributed by atoms with Gasteiger partial charge < -0.3 is 14.8 Å². The molecule has 126 valence electrons. The second-order valence-electron chi connectivity index (χ2n) is 5.63. The molecule has 0 fully saturated rings. The van der Waals surface area contributed by atoms with E-state index in [1.807, 2.05) is 30.3 Å².